The highest BCUT2D eigenvalue weighted by Crippen LogP contribution is 2.37. The molecule has 0 saturated carbocycles. The van der Waals surface area contributed by atoms with E-state index in [1.165, 1.54) is 6.20 Å². The second-order valence-corrected chi connectivity index (χ2v) is 9.74. The number of aromatic nitrogens is 1. The Bertz CT molecular complexity index is 803. The maximum absolute atomic E-state index is 12.9. The van der Waals surface area contributed by atoms with E-state index in [9.17, 15) is 9.59 Å². The Kier molecular flexibility index (Phi) is 7.43. The first-order valence-corrected chi connectivity index (χ1v) is 10.7. The molecule has 0 atom stereocenters. The maximum Gasteiger partial charge on any atom is 0.496 e. The normalized spacial score (nSPS) is 17.4. The number of hydrogen-bond acceptors (Lipinski definition) is 7. The summed E-state index contributed by atoms with van der Waals surface area (Å²) in [5.41, 5.74) is -0.349. The van der Waals surface area contributed by atoms with Crippen molar-refractivity contribution in [2.75, 3.05) is 11.5 Å². The van der Waals surface area contributed by atoms with Crippen LogP contribution in [-0.2, 0) is 18.8 Å². The molecular weight excluding hydrogens is 399 g/mol. The molecule has 1 fully saturated rings. The molecule has 9 heteroatoms. The second-order valence-electron chi connectivity index (χ2n) is 9.74. The third-order valence-electron chi connectivity index (χ3n) is 5.46. The topological polar surface area (TPSA) is 87.2 Å². The molecule has 2 heterocycles. The standard InChI is InChI=1S/C22H35BN2O6/c1-10-11-12-28-18(26)25(19(27)29-20(3,4)5)17-14-24-13-16(15(17)2)23-30-21(6,7)22(8,9)31-23/h13-14H,10-12H2,1-9H3. The van der Waals surface area contributed by atoms with Crippen LogP contribution in [0.4, 0.5) is 15.3 Å². The van der Waals surface area contributed by atoms with Gasteiger partial charge in [-0.2, -0.15) is 4.90 Å². The zero-order chi connectivity index (χ0) is 23.6. The molecule has 1 aliphatic rings. The van der Waals surface area contributed by atoms with Crippen LogP contribution in [0.25, 0.3) is 0 Å². The van der Waals surface area contributed by atoms with Crippen molar-refractivity contribution < 1.29 is 28.4 Å². The molecule has 1 aromatic rings. The first-order valence-electron chi connectivity index (χ1n) is 10.7. The van der Waals surface area contributed by atoms with Crippen LogP contribution in [0.2, 0.25) is 0 Å². The highest BCUT2D eigenvalue weighted by atomic mass is 16.7. The van der Waals surface area contributed by atoms with E-state index in [2.05, 4.69) is 4.98 Å². The fourth-order valence-corrected chi connectivity index (χ4v) is 2.91. The third-order valence-corrected chi connectivity index (χ3v) is 5.46. The maximum atomic E-state index is 12.9. The summed E-state index contributed by atoms with van der Waals surface area (Å²) >= 11 is 0. The van der Waals surface area contributed by atoms with Crippen LogP contribution in [0.5, 0.6) is 0 Å². The van der Waals surface area contributed by atoms with E-state index in [-0.39, 0.29) is 12.3 Å². The van der Waals surface area contributed by atoms with Gasteiger partial charge in [0.2, 0.25) is 0 Å². The minimum absolute atomic E-state index is 0.206. The van der Waals surface area contributed by atoms with Crippen molar-refractivity contribution in [1.82, 2.24) is 4.98 Å². The number of pyridine rings is 1. The van der Waals surface area contributed by atoms with Gasteiger partial charge in [0.05, 0.1) is 29.7 Å². The van der Waals surface area contributed by atoms with E-state index in [4.69, 9.17) is 18.8 Å². The van der Waals surface area contributed by atoms with Gasteiger partial charge in [0, 0.05) is 11.7 Å². The van der Waals surface area contributed by atoms with Crippen LogP contribution < -0.4 is 10.4 Å². The lowest BCUT2D eigenvalue weighted by atomic mass is 9.77. The van der Waals surface area contributed by atoms with Gasteiger partial charge in [0.15, 0.2) is 0 Å². The molecule has 1 aromatic heterocycles. The number of imide groups is 1. The van der Waals surface area contributed by atoms with E-state index < -0.39 is 36.1 Å². The number of rotatable bonds is 5. The van der Waals surface area contributed by atoms with Gasteiger partial charge in [-0.15, -0.1) is 0 Å². The summed E-state index contributed by atoms with van der Waals surface area (Å²) in [7, 11) is -0.686. The van der Waals surface area contributed by atoms with E-state index in [1.807, 2.05) is 34.6 Å². The van der Waals surface area contributed by atoms with Gasteiger partial charge in [0.1, 0.15) is 5.60 Å². The highest BCUT2D eigenvalue weighted by Gasteiger charge is 2.52. The van der Waals surface area contributed by atoms with Gasteiger partial charge >= 0.3 is 19.3 Å². The summed E-state index contributed by atoms with van der Waals surface area (Å²) in [6.07, 6.45) is 2.98. The molecule has 2 rings (SSSR count). The minimum atomic E-state index is -0.829. The Labute approximate surface area is 185 Å². The molecule has 0 aromatic carbocycles. The second kappa shape index (κ2) is 9.16. The molecule has 0 bridgehead atoms. The fraction of sp³-hybridized carbons (Fsp3) is 0.682. The van der Waals surface area contributed by atoms with Gasteiger partial charge in [0.25, 0.3) is 0 Å². The summed E-state index contributed by atoms with van der Waals surface area (Å²) in [5, 5.41) is 0. The predicted octanol–water partition coefficient (Wildman–Crippen LogP) is 4.37. The first-order chi connectivity index (χ1) is 14.2. The predicted molar refractivity (Wildman–Crippen MR) is 120 cm³/mol. The number of carbonyl (C=O) groups is 2. The Hall–Kier alpha value is -2.13. The summed E-state index contributed by atoms with van der Waals surface area (Å²) in [4.78, 5) is 30.9. The molecule has 0 spiro atoms. The highest BCUT2D eigenvalue weighted by molar-refractivity contribution is 6.62. The molecule has 172 valence electrons. The van der Waals surface area contributed by atoms with Crippen LogP contribution in [0.1, 0.15) is 73.8 Å². The van der Waals surface area contributed by atoms with Crippen LogP contribution in [0, 0.1) is 6.92 Å². The summed E-state index contributed by atoms with van der Waals surface area (Å²) in [6.45, 7) is 17.0. The Morgan fingerprint density at radius 3 is 2.19 bits per heavy atom. The van der Waals surface area contributed by atoms with Crippen molar-refractivity contribution in [2.24, 2.45) is 0 Å². The lowest BCUT2D eigenvalue weighted by Gasteiger charge is -2.32. The number of ether oxygens (including phenoxy) is 2. The average Bonchev–Trinajstić information content (AvgIpc) is 2.82. The monoisotopic (exact) mass is 434 g/mol. The van der Waals surface area contributed by atoms with E-state index in [0.29, 0.717) is 17.4 Å². The lowest BCUT2D eigenvalue weighted by Crippen LogP contribution is -2.44. The first kappa shape index (κ1) is 25.1. The zero-order valence-corrected chi connectivity index (χ0v) is 20.2. The number of anilines is 1. The summed E-state index contributed by atoms with van der Waals surface area (Å²) < 4.78 is 23.0. The van der Waals surface area contributed by atoms with Crippen molar-refractivity contribution in [2.45, 2.75) is 92.0 Å². The Morgan fingerprint density at radius 2 is 1.68 bits per heavy atom. The van der Waals surface area contributed by atoms with Gasteiger partial charge in [-0.3, -0.25) is 4.98 Å². The van der Waals surface area contributed by atoms with Crippen molar-refractivity contribution in [1.29, 1.82) is 0 Å². The minimum Gasteiger partial charge on any atom is -0.449 e. The molecule has 0 aliphatic carbocycles. The summed E-state index contributed by atoms with van der Waals surface area (Å²) in [6, 6.07) is 0. The molecular formula is C22H35BN2O6. The number of nitrogens with zero attached hydrogens (tertiary/aromatic N) is 2. The molecule has 0 radical (unpaired) electrons. The number of amides is 2. The van der Waals surface area contributed by atoms with Crippen molar-refractivity contribution in [3.8, 4) is 0 Å². The molecule has 0 unspecified atom stereocenters. The smallest absolute Gasteiger partial charge is 0.449 e. The molecule has 2 amide bonds. The van der Waals surface area contributed by atoms with E-state index >= 15 is 0 Å². The van der Waals surface area contributed by atoms with Gasteiger partial charge in [-0.1, -0.05) is 13.3 Å². The largest absolute Gasteiger partial charge is 0.496 e. The average molecular weight is 434 g/mol. The van der Waals surface area contributed by atoms with Crippen LogP contribution in [-0.4, -0.2) is 47.7 Å². The molecule has 1 aliphatic heterocycles. The number of unbranched alkanes of at least 4 members (excludes halogenated alkanes) is 1. The van der Waals surface area contributed by atoms with Crippen LogP contribution in [0.15, 0.2) is 12.4 Å². The van der Waals surface area contributed by atoms with Gasteiger partial charge in [-0.05, 0) is 67.4 Å². The van der Waals surface area contributed by atoms with Crippen molar-refractivity contribution in [3.63, 3.8) is 0 Å². The number of hydrogen-bond donors (Lipinski definition) is 0. The van der Waals surface area contributed by atoms with Crippen molar-refractivity contribution >= 4 is 30.5 Å². The molecule has 8 nitrogen and oxygen atoms in total. The lowest BCUT2D eigenvalue weighted by molar-refractivity contribution is 0.00578. The summed E-state index contributed by atoms with van der Waals surface area (Å²) in [5.74, 6) is 0. The van der Waals surface area contributed by atoms with E-state index in [0.717, 1.165) is 11.3 Å². The molecule has 0 N–H and O–H groups in total. The van der Waals surface area contributed by atoms with Gasteiger partial charge < -0.3 is 18.8 Å². The Balaban J connectivity index is 2.43. The van der Waals surface area contributed by atoms with Crippen LogP contribution in [0.3, 0.4) is 0 Å². The fourth-order valence-electron chi connectivity index (χ4n) is 2.91. The molecule has 1 saturated heterocycles. The van der Waals surface area contributed by atoms with Crippen molar-refractivity contribution in [3.05, 3.63) is 18.0 Å². The van der Waals surface area contributed by atoms with E-state index in [1.54, 1.807) is 33.9 Å². The number of carbonyl (C=O) groups excluding carboxylic acids is 2. The SMILES string of the molecule is CCCCOC(=O)N(C(=O)OC(C)(C)C)c1cncc(B2OC(C)(C)C(C)(C)O2)c1C. The third kappa shape index (κ3) is 5.77. The quantitative estimate of drug-likeness (QED) is 0.502. The zero-order valence-electron chi connectivity index (χ0n) is 20.2. The molecule has 31 heavy (non-hydrogen) atoms. The van der Waals surface area contributed by atoms with Crippen LogP contribution >= 0.6 is 0 Å². The van der Waals surface area contributed by atoms with Gasteiger partial charge in [-0.25, -0.2) is 9.59 Å². The Morgan fingerprint density at radius 1 is 1.10 bits per heavy atom.